The number of nitrogens with one attached hydrogen (secondary N) is 2. The van der Waals surface area contributed by atoms with Crippen LogP contribution in [0.2, 0.25) is 0 Å². The quantitative estimate of drug-likeness (QED) is 0.531. The highest BCUT2D eigenvalue weighted by atomic mass is 32.2. The summed E-state index contributed by atoms with van der Waals surface area (Å²) in [6, 6.07) is 20.6. The van der Waals surface area contributed by atoms with Gasteiger partial charge in [-0.2, -0.15) is 0 Å². The third kappa shape index (κ3) is 7.31. The number of carbonyl (C=O) groups excluding carboxylic acids is 2. The molecule has 2 N–H and O–H groups in total. The molecule has 0 atom stereocenters. The predicted octanol–water partition coefficient (Wildman–Crippen LogP) is 3.51. The van der Waals surface area contributed by atoms with Crippen LogP contribution in [-0.4, -0.2) is 29.9 Å². The summed E-state index contributed by atoms with van der Waals surface area (Å²) < 4.78 is 5.34. The molecule has 6 nitrogen and oxygen atoms in total. The van der Waals surface area contributed by atoms with E-state index in [0.29, 0.717) is 11.4 Å². The molecule has 2 aromatic carbocycles. The van der Waals surface area contributed by atoms with Crippen molar-refractivity contribution in [2.24, 2.45) is 0 Å². The van der Waals surface area contributed by atoms with E-state index in [4.69, 9.17) is 4.74 Å². The van der Waals surface area contributed by atoms with Crippen molar-refractivity contribution in [3.05, 3.63) is 84.7 Å². The van der Waals surface area contributed by atoms with E-state index in [1.165, 1.54) is 0 Å². The molecule has 0 aliphatic rings. The number of pyridine rings is 1. The normalized spacial score (nSPS) is 10.2. The first kappa shape index (κ1) is 20.4. The molecular formula is C22H21N3O3S. The summed E-state index contributed by atoms with van der Waals surface area (Å²) in [4.78, 5) is 29.0. The smallest absolute Gasteiger partial charge is 0.258 e. The third-order valence-corrected chi connectivity index (χ3v) is 4.91. The number of amides is 2. The van der Waals surface area contributed by atoms with Crippen molar-refractivity contribution in [2.45, 2.75) is 10.6 Å². The average molecular weight is 407 g/mol. The Balaban J connectivity index is 1.37. The van der Waals surface area contributed by atoms with Gasteiger partial charge in [0, 0.05) is 28.7 Å². The van der Waals surface area contributed by atoms with Crippen molar-refractivity contribution in [3.63, 3.8) is 0 Å². The van der Waals surface area contributed by atoms with E-state index in [0.717, 1.165) is 16.2 Å². The topological polar surface area (TPSA) is 80.3 Å². The number of nitrogens with zero attached hydrogens (tertiary/aromatic N) is 1. The summed E-state index contributed by atoms with van der Waals surface area (Å²) in [5, 5.41) is 5.30. The highest BCUT2D eigenvalue weighted by Gasteiger charge is 2.07. The number of aromatic nitrogens is 1. The molecule has 0 bridgehead atoms. The molecule has 0 aliphatic heterocycles. The second-order valence-electron chi connectivity index (χ2n) is 6.10. The molecule has 0 fully saturated rings. The van der Waals surface area contributed by atoms with Gasteiger partial charge in [-0.15, -0.1) is 11.8 Å². The highest BCUT2D eigenvalue weighted by molar-refractivity contribution is 7.98. The molecule has 0 unspecified atom stereocenters. The fraction of sp³-hybridized carbons (Fsp3) is 0.136. The van der Waals surface area contributed by atoms with Gasteiger partial charge < -0.3 is 15.4 Å². The maximum Gasteiger partial charge on any atom is 0.258 e. The van der Waals surface area contributed by atoms with Crippen LogP contribution < -0.4 is 15.4 Å². The molecule has 3 aromatic rings. The minimum atomic E-state index is -0.355. The van der Waals surface area contributed by atoms with Crippen LogP contribution in [0.3, 0.4) is 0 Å². The fourth-order valence-electron chi connectivity index (χ4n) is 2.39. The number of rotatable bonds is 9. The van der Waals surface area contributed by atoms with Gasteiger partial charge in [-0.05, 0) is 48.0 Å². The lowest BCUT2D eigenvalue weighted by Crippen LogP contribution is -2.35. The summed E-state index contributed by atoms with van der Waals surface area (Å²) in [5.74, 6) is 0.782. The number of para-hydroxylation sites is 1. The van der Waals surface area contributed by atoms with Gasteiger partial charge in [0.15, 0.2) is 6.61 Å². The summed E-state index contributed by atoms with van der Waals surface area (Å²) in [6.45, 7) is -0.255. The van der Waals surface area contributed by atoms with E-state index in [2.05, 4.69) is 15.6 Å². The molecule has 0 saturated carbocycles. The first-order valence-electron chi connectivity index (χ1n) is 9.05. The molecule has 0 radical (unpaired) electrons. The van der Waals surface area contributed by atoms with Crippen LogP contribution in [0.5, 0.6) is 5.75 Å². The lowest BCUT2D eigenvalue weighted by Gasteiger charge is -2.09. The number of carbonyl (C=O) groups is 2. The van der Waals surface area contributed by atoms with Crippen LogP contribution in [0, 0.1) is 0 Å². The molecule has 0 spiro atoms. The van der Waals surface area contributed by atoms with E-state index in [9.17, 15) is 9.59 Å². The Morgan fingerprint density at radius 1 is 0.931 bits per heavy atom. The number of anilines is 1. The van der Waals surface area contributed by atoms with Gasteiger partial charge in [-0.3, -0.25) is 14.6 Å². The SMILES string of the molecule is O=C(COc1ccccc1)NCC(=O)Nc1ccc(SCc2cccnc2)cc1. The van der Waals surface area contributed by atoms with Gasteiger partial charge in [0.05, 0.1) is 6.54 Å². The maximum atomic E-state index is 12.0. The zero-order valence-corrected chi connectivity index (χ0v) is 16.5. The zero-order valence-electron chi connectivity index (χ0n) is 15.7. The van der Waals surface area contributed by atoms with Crippen LogP contribution in [-0.2, 0) is 15.3 Å². The molecule has 3 rings (SSSR count). The first-order valence-corrected chi connectivity index (χ1v) is 10.0. The monoisotopic (exact) mass is 407 g/mol. The molecule has 1 aromatic heterocycles. The molecular weight excluding hydrogens is 386 g/mol. The summed E-state index contributed by atoms with van der Waals surface area (Å²) in [7, 11) is 0. The predicted molar refractivity (Wildman–Crippen MR) is 114 cm³/mol. The summed E-state index contributed by atoms with van der Waals surface area (Å²) in [6.07, 6.45) is 3.60. The van der Waals surface area contributed by atoms with E-state index in [1.54, 1.807) is 30.1 Å². The number of benzene rings is 2. The van der Waals surface area contributed by atoms with Gasteiger partial charge in [0.2, 0.25) is 5.91 Å². The van der Waals surface area contributed by atoms with E-state index >= 15 is 0 Å². The van der Waals surface area contributed by atoms with E-state index < -0.39 is 0 Å². The second-order valence-corrected chi connectivity index (χ2v) is 7.15. The average Bonchev–Trinajstić information content (AvgIpc) is 2.77. The minimum absolute atomic E-state index is 0.117. The Morgan fingerprint density at radius 3 is 2.45 bits per heavy atom. The molecule has 148 valence electrons. The molecule has 1 heterocycles. The molecule has 29 heavy (non-hydrogen) atoms. The lowest BCUT2D eigenvalue weighted by molar-refractivity contribution is -0.125. The number of thioether (sulfide) groups is 1. The second kappa shape index (κ2) is 10.9. The van der Waals surface area contributed by atoms with E-state index in [1.807, 2.05) is 60.8 Å². The van der Waals surface area contributed by atoms with Gasteiger partial charge in [-0.25, -0.2) is 0 Å². The Morgan fingerprint density at radius 2 is 1.72 bits per heavy atom. The number of hydrogen-bond donors (Lipinski definition) is 2. The lowest BCUT2D eigenvalue weighted by atomic mass is 10.3. The molecule has 0 aliphatic carbocycles. The van der Waals surface area contributed by atoms with Crippen molar-refractivity contribution < 1.29 is 14.3 Å². The van der Waals surface area contributed by atoms with Crippen molar-refractivity contribution >= 4 is 29.3 Å². The standard InChI is InChI=1S/C22H21N3O3S/c26-21(14-24-22(27)15-28-19-6-2-1-3-7-19)25-18-8-10-20(11-9-18)29-16-17-5-4-12-23-13-17/h1-13H,14-16H2,(H,24,27)(H,25,26). The fourth-order valence-corrected chi connectivity index (χ4v) is 3.22. The van der Waals surface area contributed by atoms with Crippen LogP contribution >= 0.6 is 11.8 Å². The van der Waals surface area contributed by atoms with Crippen molar-refractivity contribution in [1.82, 2.24) is 10.3 Å². The van der Waals surface area contributed by atoms with Crippen LogP contribution in [0.15, 0.2) is 84.0 Å². The Labute approximate surface area is 173 Å². The molecule has 0 saturated heterocycles. The van der Waals surface area contributed by atoms with E-state index in [-0.39, 0.29) is 25.0 Å². The van der Waals surface area contributed by atoms with Gasteiger partial charge >= 0.3 is 0 Å². The maximum absolute atomic E-state index is 12.0. The zero-order chi connectivity index (χ0) is 20.3. The van der Waals surface area contributed by atoms with Gasteiger partial charge in [0.1, 0.15) is 5.75 Å². The van der Waals surface area contributed by atoms with Crippen LogP contribution in [0.25, 0.3) is 0 Å². The largest absolute Gasteiger partial charge is 0.484 e. The van der Waals surface area contributed by atoms with Crippen molar-refractivity contribution in [1.29, 1.82) is 0 Å². The summed E-state index contributed by atoms with van der Waals surface area (Å²) >= 11 is 1.70. The van der Waals surface area contributed by atoms with Crippen molar-refractivity contribution in [2.75, 3.05) is 18.5 Å². The van der Waals surface area contributed by atoms with Crippen LogP contribution in [0.1, 0.15) is 5.56 Å². The number of hydrogen-bond acceptors (Lipinski definition) is 5. The highest BCUT2D eigenvalue weighted by Crippen LogP contribution is 2.23. The van der Waals surface area contributed by atoms with Gasteiger partial charge in [0.25, 0.3) is 5.91 Å². The van der Waals surface area contributed by atoms with Crippen molar-refractivity contribution in [3.8, 4) is 5.75 Å². The summed E-state index contributed by atoms with van der Waals surface area (Å²) in [5.41, 5.74) is 1.83. The third-order valence-electron chi connectivity index (χ3n) is 3.83. The minimum Gasteiger partial charge on any atom is -0.484 e. The first-order chi connectivity index (χ1) is 14.2. The number of ether oxygens (including phenoxy) is 1. The molecule has 7 heteroatoms. The Bertz CT molecular complexity index is 919. The molecule has 2 amide bonds. The van der Waals surface area contributed by atoms with Gasteiger partial charge in [-0.1, -0.05) is 24.3 Å². The Kier molecular flexibility index (Phi) is 7.65. The van der Waals surface area contributed by atoms with Crippen LogP contribution in [0.4, 0.5) is 5.69 Å². The Hall–Kier alpha value is -3.32.